The molecular weight excluding hydrogens is 288 g/mol. The van der Waals surface area contributed by atoms with E-state index in [-0.39, 0.29) is 11.8 Å². The number of nitrogens with one attached hydrogen (secondary N) is 1. The molecule has 1 rings (SSSR count). The summed E-state index contributed by atoms with van der Waals surface area (Å²) in [4.78, 5) is 12.9. The Balaban J connectivity index is 2.36. The van der Waals surface area contributed by atoms with Crippen LogP contribution in [0.25, 0.3) is 0 Å². The molecule has 1 aromatic heterocycles. The summed E-state index contributed by atoms with van der Waals surface area (Å²) in [5.74, 6) is 0.0144. The first kappa shape index (κ1) is 13.7. The average molecular weight is 305 g/mol. The number of rotatable bonds is 6. The number of carbonyl (C=O) groups excluding carboxylic acids is 1. The van der Waals surface area contributed by atoms with Crippen LogP contribution in [0.5, 0.6) is 0 Å². The van der Waals surface area contributed by atoms with Crippen molar-refractivity contribution in [2.75, 3.05) is 13.1 Å². The Labute approximate surface area is 109 Å². The molecule has 0 bridgehead atoms. The molecule has 3 nitrogen and oxygen atoms in total. The Bertz CT molecular complexity index is 340. The van der Waals surface area contributed by atoms with Gasteiger partial charge in [0.2, 0.25) is 5.91 Å². The normalized spacial score (nSPS) is 12.4. The van der Waals surface area contributed by atoms with E-state index in [0.717, 1.165) is 21.5 Å². The summed E-state index contributed by atoms with van der Waals surface area (Å²) in [6.45, 7) is 3.33. The largest absolute Gasteiger partial charge is 0.356 e. The molecule has 0 saturated heterocycles. The van der Waals surface area contributed by atoms with Crippen LogP contribution in [-0.2, 0) is 4.79 Å². The highest BCUT2D eigenvalue weighted by Crippen LogP contribution is 2.28. The molecule has 90 valence electrons. The van der Waals surface area contributed by atoms with E-state index in [9.17, 15) is 4.79 Å². The van der Waals surface area contributed by atoms with Gasteiger partial charge in [-0.1, -0.05) is 0 Å². The van der Waals surface area contributed by atoms with E-state index in [1.807, 2.05) is 19.1 Å². The van der Waals surface area contributed by atoms with Gasteiger partial charge in [0.1, 0.15) is 0 Å². The third kappa shape index (κ3) is 4.23. The van der Waals surface area contributed by atoms with Gasteiger partial charge in [-0.3, -0.25) is 4.79 Å². The number of halogens is 1. The van der Waals surface area contributed by atoms with Crippen molar-refractivity contribution in [2.24, 2.45) is 5.73 Å². The van der Waals surface area contributed by atoms with E-state index in [4.69, 9.17) is 5.73 Å². The fraction of sp³-hybridized carbons (Fsp3) is 0.545. The van der Waals surface area contributed by atoms with Gasteiger partial charge in [0.15, 0.2) is 0 Å². The van der Waals surface area contributed by atoms with Crippen molar-refractivity contribution in [1.82, 2.24) is 5.32 Å². The predicted octanol–water partition coefficient (Wildman–Crippen LogP) is 2.47. The molecule has 5 heteroatoms. The van der Waals surface area contributed by atoms with Gasteiger partial charge >= 0.3 is 0 Å². The number of unbranched alkanes of at least 4 members (excludes halogenated alkanes) is 1. The summed E-state index contributed by atoms with van der Waals surface area (Å²) in [6.07, 6.45) is 1.91. The lowest BCUT2D eigenvalue weighted by Crippen LogP contribution is -2.28. The number of nitrogens with two attached hydrogens (primary N) is 1. The van der Waals surface area contributed by atoms with E-state index < -0.39 is 0 Å². The van der Waals surface area contributed by atoms with Gasteiger partial charge < -0.3 is 11.1 Å². The Morgan fingerprint density at radius 1 is 1.56 bits per heavy atom. The molecule has 1 atom stereocenters. The maximum atomic E-state index is 11.8. The molecule has 3 N–H and O–H groups in total. The highest BCUT2D eigenvalue weighted by atomic mass is 79.9. The lowest BCUT2D eigenvalue weighted by molar-refractivity contribution is -0.122. The first-order valence-electron chi connectivity index (χ1n) is 5.38. The second-order valence-electron chi connectivity index (χ2n) is 3.65. The third-order valence-corrected chi connectivity index (χ3v) is 4.15. The SMILES string of the molecule is CC(C(=O)NCCCCN)c1ccc(Br)s1. The first-order chi connectivity index (χ1) is 7.65. The minimum atomic E-state index is -0.0748. The van der Waals surface area contributed by atoms with E-state index in [1.54, 1.807) is 11.3 Å². The van der Waals surface area contributed by atoms with Gasteiger partial charge in [-0.05, 0) is 54.4 Å². The Morgan fingerprint density at radius 3 is 2.88 bits per heavy atom. The van der Waals surface area contributed by atoms with Crippen LogP contribution in [-0.4, -0.2) is 19.0 Å². The monoisotopic (exact) mass is 304 g/mol. The van der Waals surface area contributed by atoms with Crippen LogP contribution >= 0.6 is 27.3 Å². The van der Waals surface area contributed by atoms with Gasteiger partial charge in [-0.25, -0.2) is 0 Å². The first-order valence-corrected chi connectivity index (χ1v) is 6.99. The lowest BCUT2D eigenvalue weighted by atomic mass is 10.1. The molecule has 0 aliphatic heterocycles. The molecule has 0 radical (unpaired) electrons. The molecule has 1 aromatic rings. The van der Waals surface area contributed by atoms with Crippen molar-refractivity contribution in [3.8, 4) is 0 Å². The van der Waals surface area contributed by atoms with E-state index in [0.29, 0.717) is 13.1 Å². The molecule has 0 fully saturated rings. The highest BCUT2D eigenvalue weighted by molar-refractivity contribution is 9.11. The molecular formula is C11H17BrN2OS. The van der Waals surface area contributed by atoms with Crippen molar-refractivity contribution in [3.63, 3.8) is 0 Å². The summed E-state index contributed by atoms with van der Waals surface area (Å²) in [5.41, 5.74) is 5.38. The number of thiophene rings is 1. The highest BCUT2D eigenvalue weighted by Gasteiger charge is 2.16. The maximum absolute atomic E-state index is 11.8. The smallest absolute Gasteiger partial charge is 0.228 e. The summed E-state index contributed by atoms with van der Waals surface area (Å²) in [7, 11) is 0. The van der Waals surface area contributed by atoms with Gasteiger partial charge in [-0.2, -0.15) is 0 Å². The number of hydrogen-bond donors (Lipinski definition) is 2. The van der Waals surface area contributed by atoms with Crippen LogP contribution in [0, 0.1) is 0 Å². The maximum Gasteiger partial charge on any atom is 0.228 e. The second-order valence-corrected chi connectivity index (χ2v) is 6.14. The second kappa shape index (κ2) is 7.04. The van der Waals surface area contributed by atoms with Gasteiger partial charge in [-0.15, -0.1) is 11.3 Å². The molecule has 1 heterocycles. The molecule has 1 amide bonds. The predicted molar refractivity (Wildman–Crippen MR) is 71.7 cm³/mol. The minimum Gasteiger partial charge on any atom is -0.356 e. The van der Waals surface area contributed by atoms with Crippen LogP contribution in [0.3, 0.4) is 0 Å². The standard InChI is InChI=1S/C11H17BrN2OS/c1-8(9-4-5-10(12)16-9)11(15)14-7-3-2-6-13/h4-5,8H,2-3,6-7,13H2,1H3,(H,14,15). The van der Waals surface area contributed by atoms with Gasteiger partial charge in [0.05, 0.1) is 9.70 Å². The summed E-state index contributed by atoms with van der Waals surface area (Å²) < 4.78 is 1.06. The Kier molecular flexibility index (Phi) is 6.01. The molecule has 0 aliphatic rings. The van der Waals surface area contributed by atoms with Crippen molar-refractivity contribution >= 4 is 33.2 Å². The van der Waals surface area contributed by atoms with Crippen molar-refractivity contribution in [1.29, 1.82) is 0 Å². The zero-order valence-electron chi connectivity index (χ0n) is 9.33. The quantitative estimate of drug-likeness (QED) is 0.793. The fourth-order valence-electron chi connectivity index (χ4n) is 1.32. The summed E-state index contributed by atoms with van der Waals surface area (Å²) in [6, 6.07) is 3.96. The molecule has 0 spiro atoms. The fourth-order valence-corrected chi connectivity index (χ4v) is 2.80. The van der Waals surface area contributed by atoms with Crippen LogP contribution in [0.1, 0.15) is 30.6 Å². The van der Waals surface area contributed by atoms with Crippen molar-refractivity contribution < 1.29 is 4.79 Å². The van der Waals surface area contributed by atoms with E-state index in [1.165, 1.54) is 0 Å². The number of amides is 1. The minimum absolute atomic E-state index is 0.0748. The van der Waals surface area contributed by atoms with Gasteiger partial charge in [0.25, 0.3) is 0 Å². The van der Waals surface area contributed by atoms with Crippen LogP contribution in [0.15, 0.2) is 15.9 Å². The van der Waals surface area contributed by atoms with Crippen molar-refractivity contribution in [2.45, 2.75) is 25.7 Å². The zero-order chi connectivity index (χ0) is 12.0. The Hall–Kier alpha value is -0.390. The van der Waals surface area contributed by atoms with E-state index in [2.05, 4.69) is 21.2 Å². The lowest BCUT2D eigenvalue weighted by Gasteiger charge is -2.10. The average Bonchev–Trinajstić information content (AvgIpc) is 2.70. The summed E-state index contributed by atoms with van der Waals surface area (Å²) >= 11 is 5.00. The van der Waals surface area contributed by atoms with Crippen molar-refractivity contribution in [3.05, 3.63) is 20.8 Å². The topological polar surface area (TPSA) is 55.1 Å². The molecule has 1 unspecified atom stereocenters. The van der Waals surface area contributed by atoms with E-state index >= 15 is 0 Å². The Morgan fingerprint density at radius 2 is 2.31 bits per heavy atom. The summed E-state index contributed by atoms with van der Waals surface area (Å²) in [5, 5.41) is 2.92. The third-order valence-electron chi connectivity index (χ3n) is 2.34. The molecule has 16 heavy (non-hydrogen) atoms. The molecule has 0 saturated carbocycles. The number of carbonyl (C=O) groups is 1. The van der Waals surface area contributed by atoms with Crippen LogP contribution in [0.4, 0.5) is 0 Å². The van der Waals surface area contributed by atoms with Crippen LogP contribution < -0.4 is 11.1 Å². The van der Waals surface area contributed by atoms with Gasteiger partial charge in [0, 0.05) is 11.4 Å². The molecule has 0 aromatic carbocycles. The zero-order valence-corrected chi connectivity index (χ0v) is 11.7. The molecule has 0 aliphatic carbocycles. The van der Waals surface area contributed by atoms with Crippen LogP contribution in [0.2, 0.25) is 0 Å². The number of hydrogen-bond acceptors (Lipinski definition) is 3.